The van der Waals surface area contributed by atoms with E-state index in [0.717, 1.165) is 30.1 Å². The van der Waals surface area contributed by atoms with Gasteiger partial charge in [0.15, 0.2) is 23.2 Å². The van der Waals surface area contributed by atoms with E-state index >= 15 is 0 Å². The highest BCUT2D eigenvalue weighted by molar-refractivity contribution is 5.99. The van der Waals surface area contributed by atoms with Gasteiger partial charge in [-0.25, -0.2) is 13.2 Å². The molecule has 0 bridgehead atoms. The Labute approximate surface area is 155 Å². The van der Waals surface area contributed by atoms with Crippen LogP contribution in [0.3, 0.4) is 0 Å². The molecule has 5 nitrogen and oxygen atoms in total. The predicted molar refractivity (Wildman–Crippen MR) is 96.4 cm³/mol. The van der Waals surface area contributed by atoms with Gasteiger partial charge in [0.1, 0.15) is 0 Å². The molecule has 0 aliphatic rings. The molecule has 0 atom stereocenters. The van der Waals surface area contributed by atoms with Gasteiger partial charge in [-0.1, -0.05) is 0 Å². The first kappa shape index (κ1) is 20.7. The van der Waals surface area contributed by atoms with E-state index < -0.39 is 29.0 Å². The molecule has 0 unspecified atom stereocenters. The van der Waals surface area contributed by atoms with Crippen LogP contribution in [0.2, 0.25) is 0 Å². The summed E-state index contributed by atoms with van der Waals surface area (Å²) in [5, 5.41) is 2.18. The van der Waals surface area contributed by atoms with Gasteiger partial charge in [0.2, 0.25) is 5.91 Å². The third-order valence-electron chi connectivity index (χ3n) is 4.33. The van der Waals surface area contributed by atoms with E-state index in [0.29, 0.717) is 5.56 Å². The molecule has 0 fully saturated rings. The van der Waals surface area contributed by atoms with Crippen molar-refractivity contribution in [2.45, 2.75) is 27.3 Å². The number of carbonyl (C=O) groups excluding carboxylic acids is 2. The lowest BCUT2D eigenvalue weighted by molar-refractivity contribution is -0.116. The molecule has 1 heterocycles. The Morgan fingerprint density at radius 1 is 1.11 bits per heavy atom. The van der Waals surface area contributed by atoms with Gasteiger partial charge in [-0.15, -0.1) is 0 Å². The van der Waals surface area contributed by atoms with Crippen molar-refractivity contribution in [3.8, 4) is 0 Å². The molecule has 0 saturated carbocycles. The normalized spacial score (nSPS) is 11.1. The summed E-state index contributed by atoms with van der Waals surface area (Å²) in [6.07, 6.45) is 0. The highest BCUT2D eigenvalue weighted by Crippen LogP contribution is 2.19. The summed E-state index contributed by atoms with van der Waals surface area (Å²) in [5.74, 6) is -5.24. The molecule has 0 radical (unpaired) electrons. The number of carbonyl (C=O) groups is 2. The number of nitrogens with one attached hydrogen (secondary N) is 1. The van der Waals surface area contributed by atoms with Crippen LogP contribution in [0.4, 0.5) is 18.9 Å². The van der Waals surface area contributed by atoms with Crippen molar-refractivity contribution in [3.05, 3.63) is 52.6 Å². The number of hydrogen-bond donors (Lipinski definition) is 1. The first-order valence-corrected chi connectivity index (χ1v) is 8.47. The molecular weight excluding hydrogens is 359 g/mol. The monoisotopic (exact) mass is 381 g/mol. The number of aryl methyl sites for hydroxylation is 1. The van der Waals surface area contributed by atoms with Crippen LogP contribution in [0, 0.1) is 31.3 Å². The highest BCUT2D eigenvalue weighted by Gasteiger charge is 2.19. The second-order valence-corrected chi connectivity index (χ2v) is 6.40. The van der Waals surface area contributed by atoms with E-state index in [2.05, 4.69) is 5.32 Å². The number of anilines is 1. The number of rotatable bonds is 7. The van der Waals surface area contributed by atoms with Crippen molar-refractivity contribution in [1.82, 2.24) is 9.47 Å². The smallest absolute Gasteiger partial charge is 0.238 e. The molecule has 0 aliphatic heterocycles. The standard InChI is InChI=1S/C19H22F3N3O2/c1-5-25-11(2)8-13(12(25)3)16(26)9-24(4)10-17(27)23-15-7-6-14(20)18(21)19(15)22/h6-8H,5,9-10H2,1-4H3,(H,23,27). The average Bonchev–Trinajstić information content (AvgIpc) is 2.89. The molecular formula is C19H22F3N3O2. The third-order valence-corrected chi connectivity index (χ3v) is 4.33. The molecule has 2 aromatic rings. The second-order valence-electron chi connectivity index (χ2n) is 6.40. The van der Waals surface area contributed by atoms with Gasteiger partial charge >= 0.3 is 0 Å². The molecule has 0 spiro atoms. The van der Waals surface area contributed by atoms with Crippen molar-refractivity contribution in [3.63, 3.8) is 0 Å². The molecule has 1 aromatic carbocycles. The summed E-state index contributed by atoms with van der Waals surface area (Å²) in [6.45, 7) is 6.30. The highest BCUT2D eigenvalue weighted by atomic mass is 19.2. The Bertz CT molecular complexity index is 878. The zero-order valence-corrected chi connectivity index (χ0v) is 15.7. The Hall–Kier alpha value is -2.61. The molecule has 1 aromatic heterocycles. The quantitative estimate of drug-likeness (QED) is 0.592. The fourth-order valence-electron chi connectivity index (χ4n) is 3.01. The maximum absolute atomic E-state index is 13.6. The number of aromatic nitrogens is 1. The topological polar surface area (TPSA) is 54.3 Å². The van der Waals surface area contributed by atoms with Gasteiger partial charge in [0, 0.05) is 23.5 Å². The molecule has 27 heavy (non-hydrogen) atoms. The maximum Gasteiger partial charge on any atom is 0.238 e. The Balaban J connectivity index is 1.99. The minimum atomic E-state index is -1.65. The number of Topliss-reactive ketones (excluding diaryl/α,β-unsaturated/α-hetero) is 1. The Morgan fingerprint density at radius 2 is 1.78 bits per heavy atom. The van der Waals surface area contributed by atoms with E-state index in [-0.39, 0.29) is 18.9 Å². The SMILES string of the molecule is CCn1c(C)cc(C(=O)CN(C)CC(=O)Nc2ccc(F)c(F)c2F)c1C. The molecule has 2 rings (SSSR count). The summed E-state index contributed by atoms with van der Waals surface area (Å²) < 4.78 is 41.8. The number of amides is 1. The molecule has 0 saturated heterocycles. The van der Waals surface area contributed by atoms with Gasteiger partial charge in [0.05, 0.1) is 18.8 Å². The summed E-state index contributed by atoms with van der Waals surface area (Å²) >= 11 is 0. The number of halogens is 3. The van der Waals surface area contributed by atoms with E-state index in [1.54, 1.807) is 7.05 Å². The Kier molecular flexibility index (Phi) is 6.43. The molecule has 1 amide bonds. The minimum absolute atomic E-state index is 0.0122. The van der Waals surface area contributed by atoms with Gasteiger partial charge < -0.3 is 9.88 Å². The number of likely N-dealkylation sites (N-methyl/N-ethyl adjacent to an activating group) is 1. The number of benzene rings is 1. The van der Waals surface area contributed by atoms with Crippen LogP contribution < -0.4 is 5.32 Å². The number of ketones is 1. The van der Waals surface area contributed by atoms with Crippen LogP contribution >= 0.6 is 0 Å². The average molecular weight is 381 g/mol. The maximum atomic E-state index is 13.6. The fourth-order valence-corrected chi connectivity index (χ4v) is 3.01. The number of nitrogens with zero attached hydrogens (tertiary/aromatic N) is 2. The summed E-state index contributed by atoms with van der Waals surface area (Å²) in [5.41, 5.74) is 1.98. The second kappa shape index (κ2) is 8.39. The first-order valence-electron chi connectivity index (χ1n) is 8.47. The predicted octanol–water partition coefficient (Wildman–Crippen LogP) is 3.30. The van der Waals surface area contributed by atoms with Gasteiger partial charge in [-0.3, -0.25) is 14.5 Å². The van der Waals surface area contributed by atoms with Gasteiger partial charge in [0.25, 0.3) is 0 Å². The lowest BCUT2D eigenvalue weighted by Crippen LogP contribution is -2.34. The van der Waals surface area contributed by atoms with Crippen molar-refractivity contribution < 1.29 is 22.8 Å². The van der Waals surface area contributed by atoms with Crippen molar-refractivity contribution in [2.24, 2.45) is 0 Å². The van der Waals surface area contributed by atoms with E-state index in [9.17, 15) is 22.8 Å². The third kappa shape index (κ3) is 4.57. The van der Waals surface area contributed by atoms with E-state index in [4.69, 9.17) is 0 Å². The molecule has 8 heteroatoms. The summed E-state index contributed by atoms with van der Waals surface area (Å²) in [4.78, 5) is 26.0. The van der Waals surface area contributed by atoms with Gasteiger partial charge in [-0.2, -0.15) is 0 Å². The van der Waals surface area contributed by atoms with Crippen LogP contribution in [-0.4, -0.2) is 41.3 Å². The Morgan fingerprint density at radius 3 is 2.37 bits per heavy atom. The zero-order chi connectivity index (χ0) is 20.3. The molecule has 146 valence electrons. The fraction of sp³-hybridized carbons (Fsp3) is 0.368. The van der Waals surface area contributed by atoms with Crippen LogP contribution in [-0.2, 0) is 11.3 Å². The zero-order valence-electron chi connectivity index (χ0n) is 15.7. The van der Waals surface area contributed by atoms with Crippen LogP contribution in [0.25, 0.3) is 0 Å². The number of hydrogen-bond acceptors (Lipinski definition) is 3. The van der Waals surface area contributed by atoms with Crippen LogP contribution in [0.1, 0.15) is 28.7 Å². The first-order chi connectivity index (χ1) is 12.6. The summed E-state index contributed by atoms with van der Waals surface area (Å²) in [6, 6.07) is 3.48. The summed E-state index contributed by atoms with van der Waals surface area (Å²) in [7, 11) is 1.57. The molecule has 0 aliphatic carbocycles. The van der Waals surface area contributed by atoms with Crippen LogP contribution in [0.5, 0.6) is 0 Å². The van der Waals surface area contributed by atoms with Crippen LogP contribution in [0.15, 0.2) is 18.2 Å². The largest absolute Gasteiger partial charge is 0.349 e. The molecule has 1 N–H and O–H groups in total. The van der Waals surface area contributed by atoms with E-state index in [1.807, 2.05) is 31.4 Å². The van der Waals surface area contributed by atoms with E-state index in [1.165, 1.54) is 4.90 Å². The van der Waals surface area contributed by atoms with Gasteiger partial charge in [-0.05, 0) is 46.0 Å². The van der Waals surface area contributed by atoms with Crippen molar-refractivity contribution >= 4 is 17.4 Å². The lowest BCUT2D eigenvalue weighted by Gasteiger charge is -2.16. The lowest BCUT2D eigenvalue weighted by atomic mass is 10.1. The van der Waals surface area contributed by atoms with Crippen molar-refractivity contribution in [1.29, 1.82) is 0 Å². The van der Waals surface area contributed by atoms with Crippen molar-refractivity contribution in [2.75, 3.05) is 25.5 Å². The minimum Gasteiger partial charge on any atom is -0.349 e.